The molecule has 0 aromatic rings. The van der Waals surface area contributed by atoms with Crippen LogP contribution in [0.5, 0.6) is 0 Å². The first-order chi connectivity index (χ1) is 21.5. The average Bonchev–Trinajstić information content (AvgIpc) is 3.47. The van der Waals surface area contributed by atoms with Crippen LogP contribution in [0.2, 0.25) is 0 Å². The molecule has 6 rings (SSSR count). The number of methoxy groups -OCH3 is 2. The molecule has 0 aromatic heterocycles. The quantitative estimate of drug-likeness (QED) is 0.108. The second-order valence-corrected chi connectivity index (χ2v) is 11.9. The molecule has 0 aromatic carbocycles. The van der Waals surface area contributed by atoms with Crippen molar-refractivity contribution in [2.24, 2.45) is 0 Å². The third kappa shape index (κ3) is 6.39. The van der Waals surface area contributed by atoms with Gasteiger partial charge in [-0.2, -0.15) is 0 Å². The standard InChI is InChI=1S/C26H42O19/c1-35-3-7-12(28)20(14(30)23(34)39-7)44-26-17(33)22-18(10(42-26)6-38-22)43-25-16(32)21(13(29)8(40-25)4-36-2)45-24-15(31)19-11(27)9(41-24)5-37-19/h7-34H,3-6H2,1-2H3/t7-,8-,9+,10+,11-,12+,13+,14-,15+,16-,17+,18-,19-,20+,21+,22+,23?,24+,25+,26+/m1/s1. The molecule has 6 aliphatic rings. The van der Waals surface area contributed by atoms with E-state index in [1.165, 1.54) is 14.2 Å². The maximum Gasteiger partial charge on any atom is 0.187 e. The van der Waals surface area contributed by atoms with Crippen molar-refractivity contribution in [1.82, 2.24) is 0 Å². The van der Waals surface area contributed by atoms with E-state index in [9.17, 15) is 40.9 Å². The third-order valence-electron chi connectivity index (χ3n) is 9.00. The summed E-state index contributed by atoms with van der Waals surface area (Å²) in [6.07, 6.45) is -26.0. The van der Waals surface area contributed by atoms with Crippen molar-refractivity contribution in [3.63, 3.8) is 0 Å². The first-order valence-electron chi connectivity index (χ1n) is 14.8. The average molecular weight is 659 g/mol. The van der Waals surface area contributed by atoms with E-state index in [1.54, 1.807) is 0 Å². The molecule has 1 unspecified atom stereocenters. The molecule has 19 nitrogen and oxygen atoms in total. The van der Waals surface area contributed by atoms with Crippen molar-refractivity contribution in [2.75, 3.05) is 40.6 Å². The van der Waals surface area contributed by atoms with Gasteiger partial charge < -0.3 is 93.0 Å². The Kier molecular flexibility index (Phi) is 10.6. The summed E-state index contributed by atoms with van der Waals surface area (Å²) < 4.78 is 61.3. The van der Waals surface area contributed by atoms with Crippen LogP contribution < -0.4 is 0 Å². The van der Waals surface area contributed by atoms with Crippen molar-refractivity contribution in [3.8, 4) is 0 Å². The van der Waals surface area contributed by atoms with Crippen LogP contribution in [0.3, 0.4) is 0 Å². The molecular formula is C26H42O19. The van der Waals surface area contributed by atoms with Gasteiger partial charge in [-0.25, -0.2) is 0 Å². The zero-order valence-electron chi connectivity index (χ0n) is 24.4. The van der Waals surface area contributed by atoms with E-state index in [2.05, 4.69) is 0 Å². The zero-order chi connectivity index (χ0) is 32.2. The highest BCUT2D eigenvalue weighted by molar-refractivity contribution is 5.01. The van der Waals surface area contributed by atoms with Crippen molar-refractivity contribution in [3.05, 3.63) is 0 Å². The number of hydrogen-bond acceptors (Lipinski definition) is 19. The van der Waals surface area contributed by atoms with Crippen LogP contribution in [-0.2, 0) is 52.1 Å². The minimum absolute atomic E-state index is 0.0257. The first kappa shape index (κ1) is 34.1. The number of aliphatic hydroxyl groups is 8. The van der Waals surface area contributed by atoms with E-state index in [4.69, 9.17) is 52.1 Å². The number of aliphatic hydroxyl groups excluding tert-OH is 8. The van der Waals surface area contributed by atoms with Gasteiger partial charge in [0.1, 0.15) is 97.7 Å². The molecule has 8 N–H and O–H groups in total. The highest BCUT2D eigenvalue weighted by Crippen LogP contribution is 2.38. The Morgan fingerprint density at radius 1 is 0.489 bits per heavy atom. The molecule has 6 fully saturated rings. The molecule has 260 valence electrons. The second kappa shape index (κ2) is 14.0. The topological polar surface area (TPSA) is 263 Å². The number of hydrogen-bond donors (Lipinski definition) is 8. The van der Waals surface area contributed by atoms with Gasteiger partial charge in [0, 0.05) is 14.2 Å². The third-order valence-corrected chi connectivity index (χ3v) is 9.00. The Bertz CT molecular complexity index is 979. The molecule has 0 saturated carbocycles. The van der Waals surface area contributed by atoms with Crippen LogP contribution in [0.1, 0.15) is 0 Å². The summed E-state index contributed by atoms with van der Waals surface area (Å²) >= 11 is 0. The Balaban J connectivity index is 1.13. The van der Waals surface area contributed by atoms with Gasteiger partial charge in [0.25, 0.3) is 0 Å². The molecule has 4 bridgehead atoms. The molecule has 45 heavy (non-hydrogen) atoms. The van der Waals surface area contributed by atoms with Gasteiger partial charge in [-0.15, -0.1) is 0 Å². The maximum atomic E-state index is 11.2. The van der Waals surface area contributed by atoms with Gasteiger partial charge >= 0.3 is 0 Å². The lowest BCUT2D eigenvalue weighted by Crippen LogP contribution is -2.65. The highest BCUT2D eigenvalue weighted by atomic mass is 16.8. The minimum Gasteiger partial charge on any atom is -0.387 e. The second-order valence-electron chi connectivity index (χ2n) is 11.9. The van der Waals surface area contributed by atoms with E-state index in [0.29, 0.717) is 0 Å². The summed E-state index contributed by atoms with van der Waals surface area (Å²) in [5.74, 6) is 0. The normalized spacial score (nSPS) is 54.8. The summed E-state index contributed by atoms with van der Waals surface area (Å²) in [7, 11) is 2.74. The summed E-state index contributed by atoms with van der Waals surface area (Å²) in [5, 5.41) is 85.4. The van der Waals surface area contributed by atoms with Crippen molar-refractivity contribution < 1.29 is 93.0 Å². The van der Waals surface area contributed by atoms with E-state index in [0.717, 1.165) is 0 Å². The number of fused-ring (bicyclic) bond motifs is 4. The Morgan fingerprint density at radius 3 is 1.62 bits per heavy atom. The van der Waals surface area contributed by atoms with Crippen LogP contribution in [-0.4, -0.2) is 204 Å². The van der Waals surface area contributed by atoms with E-state index in [1.807, 2.05) is 0 Å². The summed E-state index contributed by atoms with van der Waals surface area (Å²) in [5.41, 5.74) is 0. The number of rotatable bonds is 10. The molecule has 0 spiro atoms. The molecule has 19 heteroatoms. The van der Waals surface area contributed by atoms with Crippen LogP contribution >= 0.6 is 0 Å². The van der Waals surface area contributed by atoms with Crippen LogP contribution in [0.25, 0.3) is 0 Å². The smallest absolute Gasteiger partial charge is 0.187 e. The van der Waals surface area contributed by atoms with Crippen molar-refractivity contribution >= 4 is 0 Å². The van der Waals surface area contributed by atoms with Crippen molar-refractivity contribution in [1.29, 1.82) is 0 Å². The van der Waals surface area contributed by atoms with Gasteiger partial charge in [-0.3, -0.25) is 0 Å². The molecule has 6 saturated heterocycles. The Hall–Kier alpha value is -0.760. The Labute approximate surface area is 256 Å². The van der Waals surface area contributed by atoms with Gasteiger partial charge in [0.2, 0.25) is 0 Å². The lowest BCUT2D eigenvalue weighted by molar-refractivity contribution is -0.372. The number of ether oxygens (including phenoxy) is 11. The lowest BCUT2D eigenvalue weighted by atomic mass is 9.96. The van der Waals surface area contributed by atoms with Crippen molar-refractivity contribution in [2.45, 2.75) is 123 Å². The van der Waals surface area contributed by atoms with E-state index < -0.39 is 123 Å². The van der Waals surface area contributed by atoms with E-state index in [-0.39, 0.29) is 26.4 Å². The van der Waals surface area contributed by atoms with Gasteiger partial charge in [-0.1, -0.05) is 0 Å². The first-order valence-corrected chi connectivity index (χ1v) is 14.8. The van der Waals surface area contributed by atoms with Crippen LogP contribution in [0.4, 0.5) is 0 Å². The molecule has 0 amide bonds. The zero-order valence-corrected chi connectivity index (χ0v) is 24.4. The molecule has 0 aliphatic carbocycles. The predicted molar refractivity (Wildman–Crippen MR) is 137 cm³/mol. The van der Waals surface area contributed by atoms with Crippen LogP contribution in [0, 0.1) is 0 Å². The summed E-state index contributed by atoms with van der Waals surface area (Å²) in [6.45, 7) is -0.291. The molecular weight excluding hydrogens is 616 g/mol. The van der Waals surface area contributed by atoms with Crippen LogP contribution in [0.15, 0.2) is 0 Å². The largest absolute Gasteiger partial charge is 0.387 e. The minimum atomic E-state index is -1.70. The predicted octanol–water partition coefficient (Wildman–Crippen LogP) is -6.35. The van der Waals surface area contributed by atoms with Gasteiger partial charge in [0.05, 0.1) is 26.4 Å². The molecule has 20 atom stereocenters. The van der Waals surface area contributed by atoms with Gasteiger partial charge in [0.15, 0.2) is 25.2 Å². The molecule has 6 heterocycles. The van der Waals surface area contributed by atoms with E-state index >= 15 is 0 Å². The Morgan fingerprint density at radius 2 is 0.978 bits per heavy atom. The maximum absolute atomic E-state index is 11.2. The fraction of sp³-hybridized carbons (Fsp3) is 1.00. The fourth-order valence-corrected chi connectivity index (χ4v) is 6.58. The highest BCUT2D eigenvalue weighted by Gasteiger charge is 2.58. The summed E-state index contributed by atoms with van der Waals surface area (Å²) in [6, 6.07) is 0. The molecule has 6 aliphatic heterocycles. The summed E-state index contributed by atoms with van der Waals surface area (Å²) in [4.78, 5) is 0. The monoisotopic (exact) mass is 658 g/mol. The molecule has 0 radical (unpaired) electrons. The fourth-order valence-electron chi connectivity index (χ4n) is 6.58. The lowest BCUT2D eigenvalue weighted by Gasteiger charge is -2.47. The SMILES string of the molecule is COC[C@H]1O[C@@H](O[C@H]2[C@H]3OC[C@@H]2O[C@@H](O[C@H]2[C@@H](O)[C@@H](COC)OC(O)[C@@H]2O)[C@H]3O)[C@H](O)[C@@H](O[C@@H]2O[C@H]3CO[C@@H]([C@@H]2O)[C@@H]3O)[C@H]1O. The van der Waals surface area contributed by atoms with Gasteiger partial charge in [-0.05, 0) is 0 Å².